The monoisotopic (exact) mass is 286 g/mol. The highest BCUT2D eigenvalue weighted by atomic mass is 16.3. The molecule has 0 aromatic heterocycles. The second kappa shape index (κ2) is 4.24. The molecule has 0 spiro atoms. The van der Waals surface area contributed by atoms with Crippen molar-refractivity contribution >= 4 is 5.78 Å². The van der Waals surface area contributed by atoms with Crippen molar-refractivity contribution in [3.63, 3.8) is 0 Å². The second-order valence-corrected chi connectivity index (χ2v) is 8.27. The van der Waals surface area contributed by atoms with Crippen LogP contribution in [0.1, 0.15) is 52.4 Å². The van der Waals surface area contributed by atoms with Gasteiger partial charge in [-0.2, -0.15) is 0 Å². The molecule has 0 amide bonds. The highest BCUT2D eigenvalue weighted by Gasteiger charge is 2.59. The summed E-state index contributed by atoms with van der Waals surface area (Å²) in [6.45, 7) is 4.62. The van der Waals surface area contributed by atoms with Gasteiger partial charge in [-0.1, -0.05) is 19.9 Å². The standard InChI is InChI=1S/C19H26O2/c1-18-9-7-13(20)11-12(18)3-4-14-15-5-6-17(21)19(15,2)10-8-16(14)18/h7,9,11-12,14-16,20H,3-6,8,10H2,1-2H3/t12?,14-,15-,16-,18-,19-/m0/s1. The number of ketones is 1. The fourth-order valence-electron chi connectivity index (χ4n) is 6.23. The van der Waals surface area contributed by atoms with Crippen molar-refractivity contribution in [3.05, 3.63) is 24.0 Å². The van der Waals surface area contributed by atoms with Gasteiger partial charge in [0.1, 0.15) is 11.5 Å². The van der Waals surface area contributed by atoms with Gasteiger partial charge in [0.25, 0.3) is 0 Å². The Bertz CT molecular complexity index is 546. The molecule has 0 heterocycles. The molecule has 0 aromatic carbocycles. The van der Waals surface area contributed by atoms with Gasteiger partial charge in [-0.05, 0) is 73.3 Å². The molecule has 3 fully saturated rings. The van der Waals surface area contributed by atoms with Crippen molar-refractivity contribution < 1.29 is 9.90 Å². The zero-order valence-corrected chi connectivity index (χ0v) is 13.1. The zero-order chi connectivity index (χ0) is 14.8. The first-order valence-corrected chi connectivity index (χ1v) is 8.58. The number of aliphatic hydroxyl groups excluding tert-OH is 1. The maximum Gasteiger partial charge on any atom is 0.139 e. The van der Waals surface area contributed by atoms with Gasteiger partial charge in [-0.15, -0.1) is 0 Å². The summed E-state index contributed by atoms with van der Waals surface area (Å²) in [6, 6.07) is 0. The van der Waals surface area contributed by atoms with E-state index in [0.29, 0.717) is 35.2 Å². The van der Waals surface area contributed by atoms with E-state index in [2.05, 4.69) is 26.0 Å². The lowest BCUT2D eigenvalue weighted by Crippen LogP contribution is -2.51. The van der Waals surface area contributed by atoms with Crippen LogP contribution in [0.25, 0.3) is 0 Å². The number of carbonyl (C=O) groups is 1. The van der Waals surface area contributed by atoms with Crippen LogP contribution in [-0.4, -0.2) is 10.9 Å². The number of aliphatic hydroxyl groups is 1. The van der Waals surface area contributed by atoms with Crippen LogP contribution >= 0.6 is 0 Å². The molecule has 6 atom stereocenters. The van der Waals surface area contributed by atoms with E-state index >= 15 is 0 Å². The Labute approximate surface area is 127 Å². The van der Waals surface area contributed by atoms with Gasteiger partial charge in [0, 0.05) is 11.8 Å². The SMILES string of the molecule is C[C@]12C=CC(O)=CC1CC[C@@H]1[C@@H]2CC[C@]2(C)C(=O)CC[C@@H]12. The van der Waals surface area contributed by atoms with Crippen molar-refractivity contribution in [2.24, 2.45) is 34.5 Å². The molecule has 0 radical (unpaired) electrons. The van der Waals surface area contributed by atoms with Crippen LogP contribution in [0.4, 0.5) is 0 Å². The summed E-state index contributed by atoms with van der Waals surface area (Å²) in [5, 5.41) is 9.81. The van der Waals surface area contributed by atoms with Crippen LogP contribution in [0.2, 0.25) is 0 Å². The predicted molar refractivity (Wildman–Crippen MR) is 82.7 cm³/mol. The van der Waals surface area contributed by atoms with Crippen LogP contribution in [0.5, 0.6) is 0 Å². The van der Waals surface area contributed by atoms with Crippen molar-refractivity contribution in [1.82, 2.24) is 0 Å². The fourth-order valence-corrected chi connectivity index (χ4v) is 6.23. The highest BCUT2D eigenvalue weighted by Crippen LogP contribution is 2.63. The predicted octanol–water partition coefficient (Wildman–Crippen LogP) is 4.43. The summed E-state index contributed by atoms with van der Waals surface area (Å²) in [7, 11) is 0. The molecule has 3 saturated carbocycles. The molecule has 0 aromatic rings. The molecular formula is C19H26O2. The Morgan fingerprint density at radius 2 is 1.95 bits per heavy atom. The van der Waals surface area contributed by atoms with Gasteiger partial charge in [0.05, 0.1) is 0 Å². The number of carbonyl (C=O) groups excluding carboxylic acids is 1. The molecule has 21 heavy (non-hydrogen) atoms. The van der Waals surface area contributed by atoms with E-state index in [1.165, 1.54) is 12.8 Å². The van der Waals surface area contributed by atoms with Crippen LogP contribution in [0, 0.1) is 34.5 Å². The van der Waals surface area contributed by atoms with Gasteiger partial charge >= 0.3 is 0 Å². The largest absolute Gasteiger partial charge is 0.508 e. The third-order valence-corrected chi connectivity index (χ3v) is 7.54. The quantitative estimate of drug-likeness (QED) is 0.715. The minimum Gasteiger partial charge on any atom is -0.508 e. The number of hydrogen-bond donors (Lipinski definition) is 1. The Hall–Kier alpha value is -1.05. The van der Waals surface area contributed by atoms with Gasteiger partial charge in [0.2, 0.25) is 0 Å². The molecule has 4 aliphatic rings. The molecule has 2 heteroatoms. The molecule has 4 rings (SSSR count). The maximum absolute atomic E-state index is 12.4. The van der Waals surface area contributed by atoms with Crippen LogP contribution < -0.4 is 0 Å². The van der Waals surface area contributed by atoms with E-state index in [1.54, 1.807) is 0 Å². The van der Waals surface area contributed by atoms with Gasteiger partial charge in [-0.3, -0.25) is 4.79 Å². The summed E-state index contributed by atoms with van der Waals surface area (Å²) >= 11 is 0. The van der Waals surface area contributed by atoms with E-state index in [9.17, 15) is 9.90 Å². The zero-order valence-electron chi connectivity index (χ0n) is 13.1. The van der Waals surface area contributed by atoms with Gasteiger partial charge in [0.15, 0.2) is 0 Å². The van der Waals surface area contributed by atoms with Crippen LogP contribution in [0.15, 0.2) is 24.0 Å². The van der Waals surface area contributed by atoms with Crippen molar-refractivity contribution in [3.8, 4) is 0 Å². The molecule has 0 aliphatic heterocycles. The Morgan fingerprint density at radius 1 is 1.14 bits per heavy atom. The van der Waals surface area contributed by atoms with Crippen LogP contribution in [-0.2, 0) is 4.79 Å². The summed E-state index contributed by atoms with van der Waals surface area (Å²) in [5.74, 6) is 3.43. The molecule has 0 bridgehead atoms. The third-order valence-electron chi connectivity index (χ3n) is 7.54. The second-order valence-electron chi connectivity index (χ2n) is 8.27. The van der Waals surface area contributed by atoms with E-state index in [1.807, 2.05) is 6.08 Å². The molecule has 114 valence electrons. The first-order chi connectivity index (χ1) is 9.95. The number of Topliss-reactive ketones (excluding diaryl/α,β-unsaturated/α-hetero) is 1. The van der Waals surface area contributed by atoms with Crippen molar-refractivity contribution in [2.75, 3.05) is 0 Å². The number of allylic oxidation sites excluding steroid dienone is 3. The Morgan fingerprint density at radius 3 is 2.76 bits per heavy atom. The number of rotatable bonds is 0. The normalized spacial score (nSPS) is 51.9. The molecule has 1 N–H and O–H groups in total. The lowest BCUT2D eigenvalue weighted by atomic mass is 9.47. The molecule has 2 nitrogen and oxygen atoms in total. The average molecular weight is 286 g/mol. The van der Waals surface area contributed by atoms with Gasteiger partial charge < -0.3 is 5.11 Å². The molecule has 0 saturated heterocycles. The van der Waals surface area contributed by atoms with Crippen LogP contribution in [0.3, 0.4) is 0 Å². The minimum absolute atomic E-state index is 0.0271. The molecular weight excluding hydrogens is 260 g/mol. The summed E-state index contributed by atoms with van der Waals surface area (Å²) in [6.07, 6.45) is 12.8. The van der Waals surface area contributed by atoms with Crippen molar-refractivity contribution in [1.29, 1.82) is 0 Å². The van der Waals surface area contributed by atoms with E-state index in [0.717, 1.165) is 25.7 Å². The van der Waals surface area contributed by atoms with E-state index in [4.69, 9.17) is 0 Å². The van der Waals surface area contributed by atoms with E-state index in [-0.39, 0.29) is 10.8 Å². The smallest absolute Gasteiger partial charge is 0.139 e. The minimum atomic E-state index is -0.0271. The Kier molecular flexibility index (Phi) is 2.75. The summed E-state index contributed by atoms with van der Waals surface area (Å²) in [4.78, 5) is 12.4. The van der Waals surface area contributed by atoms with E-state index < -0.39 is 0 Å². The molecule has 4 aliphatic carbocycles. The highest BCUT2D eigenvalue weighted by molar-refractivity contribution is 5.87. The Balaban J connectivity index is 1.69. The average Bonchev–Trinajstić information content (AvgIpc) is 2.76. The summed E-state index contributed by atoms with van der Waals surface area (Å²) in [5.41, 5.74) is 0.156. The lowest BCUT2D eigenvalue weighted by molar-refractivity contribution is -0.133. The lowest BCUT2D eigenvalue weighted by Gasteiger charge is -2.57. The first-order valence-electron chi connectivity index (χ1n) is 8.58. The maximum atomic E-state index is 12.4. The summed E-state index contributed by atoms with van der Waals surface area (Å²) < 4.78 is 0. The number of hydrogen-bond acceptors (Lipinski definition) is 2. The third kappa shape index (κ3) is 1.68. The molecule has 1 unspecified atom stereocenters. The van der Waals surface area contributed by atoms with Gasteiger partial charge in [-0.25, -0.2) is 0 Å². The fraction of sp³-hybridized carbons (Fsp3) is 0.737. The van der Waals surface area contributed by atoms with Crippen molar-refractivity contribution in [2.45, 2.75) is 52.4 Å². The topological polar surface area (TPSA) is 37.3 Å². The first kappa shape index (κ1) is 13.6. The number of fused-ring (bicyclic) bond motifs is 5.